The number of fused-ring (bicyclic) bond motifs is 1. The summed E-state index contributed by atoms with van der Waals surface area (Å²) in [6.45, 7) is -0.679. The summed E-state index contributed by atoms with van der Waals surface area (Å²) in [5, 5.41) is 13.2. The maximum absolute atomic E-state index is 13.8. The van der Waals surface area contributed by atoms with E-state index in [-0.39, 0.29) is 37.9 Å². The number of ketones is 1. The molecule has 0 aliphatic carbocycles. The minimum Gasteiger partial charge on any atom is -0.481 e. The molecule has 210 valence electrons. The smallest absolute Gasteiger partial charge is 0.305 e. The SMILES string of the molecule is O=C(O)C[C@H](NC(=O)C1CCN(C(=O)c2cccc3ccccc23)CC1)C(=O)COc1c(F)c(F)cc(F)c1F. The van der Waals surface area contributed by atoms with Gasteiger partial charge in [-0.15, -0.1) is 0 Å². The predicted octanol–water partition coefficient (Wildman–Crippen LogP) is 3.86. The summed E-state index contributed by atoms with van der Waals surface area (Å²) in [7, 11) is 0. The third-order valence-electron chi connectivity index (χ3n) is 6.69. The fourth-order valence-electron chi connectivity index (χ4n) is 4.56. The summed E-state index contributed by atoms with van der Waals surface area (Å²) in [6, 6.07) is 11.2. The summed E-state index contributed by atoms with van der Waals surface area (Å²) < 4.78 is 59.0. The van der Waals surface area contributed by atoms with Gasteiger partial charge in [-0.1, -0.05) is 36.4 Å². The van der Waals surface area contributed by atoms with Crippen LogP contribution in [0.2, 0.25) is 0 Å². The highest BCUT2D eigenvalue weighted by atomic mass is 19.2. The molecule has 3 aromatic rings. The fraction of sp³-hybridized carbons (Fsp3) is 0.286. The molecule has 0 bridgehead atoms. The fourth-order valence-corrected chi connectivity index (χ4v) is 4.56. The van der Waals surface area contributed by atoms with Crippen molar-refractivity contribution in [3.63, 3.8) is 0 Å². The average Bonchev–Trinajstić information content (AvgIpc) is 2.94. The van der Waals surface area contributed by atoms with Crippen LogP contribution < -0.4 is 10.1 Å². The third-order valence-corrected chi connectivity index (χ3v) is 6.69. The molecule has 1 saturated heterocycles. The molecular weight excluding hydrogens is 536 g/mol. The first-order valence-corrected chi connectivity index (χ1v) is 12.3. The van der Waals surface area contributed by atoms with Gasteiger partial charge in [0.2, 0.25) is 17.5 Å². The Morgan fingerprint density at radius 3 is 2.23 bits per heavy atom. The Morgan fingerprint density at radius 2 is 1.57 bits per heavy atom. The van der Waals surface area contributed by atoms with Crippen LogP contribution in [-0.2, 0) is 14.4 Å². The summed E-state index contributed by atoms with van der Waals surface area (Å²) in [6.07, 6.45) is -0.382. The lowest BCUT2D eigenvalue weighted by Crippen LogP contribution is -2.49. The van der Waals surface area contributed by atoms with E-state index in [0.717, 1.165) is 10.8 Å². The molecule has 0 saturated carbocycles. The highest BCUT2D eigenvalue weighted by Crippen LogP contribution is 2.27. The number of carbonyl (C=O) groups is 4. The lowest BCUT2D eigenvalue weighted by atomic mass is 9.94. The van der Waals surface area contributed by atoms with Crippen molar-refractivity contribution in [3.05, 3.63) is 77.4 Å². The van der Waals surface area contributed by atoms with Crippen LogP contribution in [0.15, 0.2) is 48.5 Å². The first kappa shape index (κ1) is 28.5. The van der Waals surface area contributed by atoms with Gasteiger partial charge in [0.15, 0.2) is 23.2 Å². The maximum Gasteiger partial charge on any atom is 0.305 e. The number of nitrogens with one attached hydrogen (secondary N) is 1. The lowest BCUT2D eigenvalue weighted by molar-refractivity contribution is -0.141. The number of hydrogen-bond acceptors (Lipinski definition) is 5. The Labute approximate surface area is 225 Å². The number of benzene rings is 3. The molecule has 1 heterocycles. The van der Waals surface area contributed by atoms with E-state index in [2.05, 4.69) is 10.1 Å². The number of Topliss-reactive ketones (excluding diaryl/α,β-unsaturated/α-hetero) is 1. The van der Waals surface area contributed by atoms with E-state index in [1.54, 1.807) is 17.0 Å². The summed E-state index contributed by atoms with van der Waals surface area (Å²) >= 11 is 0. The van der Waals surface area contributed by atoms with Crippen molar-refractivity contribution in [2.75, 3.05) is 19.7 Å². The van der Waals surface area contributed by atoms with Gasteiger partial charge < -0.3 is 20.1 Å². The number of aliphatic carboxylic acids is 1. The van der Waals surface area contributed by atoms with E-state index in [1.165, 1.54) is 0 Å². The molecule has 12 heteroatoms. The zero-order valence-corrected chi connectivity index (χ0v) is 21.0. The Hall–Kier alpha value is -4.48. The first-order valence-electron chi connectivity index (χ1n) is 12.3. The van der Waals surface area contributed by atoms with Crippen LogP contribution >= 0.6 is 0 Å². The number of amides is 2. The second kappa shape index (κ2) is 12.1. The Morgan fingerprint density at radius 1 is 0.950 bits per heavy atom. The molecule has 1 aliphatic heterocycles. The molecule has 0 unspecified atom stereocenters. The number of hydrogen-bond donors (Lipinski definition) is 2. The van der Waals surface area contributed by atoms with Gasteiger partial charge >= 0.3 is 5.97 Å². The standard InChI is InChI=1S/C28H24F4N2O6/c29-19-12-20(30)25(32)26(24(19)31)40-14-22(35)21(13-23(36)37)33-27(38)16-8-10-34(11-9-16)28(39)18-7-3-5-15-4-1-2-6-17(15)18/h1-7,12,16,21H,8-11,13-14H2,(H,33,38)(H,36,37)/t21-/m0/s1. The van der Waals surface area contributed by atoms with Gasteiger partial charge in [0.05, 0.1) is 6.42 Å². The van der Waals surface area contributed by atoms with Crippen molar-refractivity contribution < 1.29 is 46.6 Å². The predicted molar refractivity (Wildman–Crippen MR) is 134 cm³/mol. The molecule has 1 aliphatic rings. The minimum atomic E-state index is -1.87. The van der Waals surface area contributed by atoms with E-state index in [1.807, 2.05) is 30.3 Å². The van der Waals surface area contributed by atoms with Crippen LogP contribution in [0.4, 0.5) is 17.6 Å². The van der Waals surface area contributed by atoms with Crippen LogP contribution in [0, 0.1) is 29.2 Å². The third kappa shape index (κ3) is 6.22. The molecule has 2 N–H and O–H groups in total. The molecule has 3 aromatic carbocycles. The van der Waals surface area contributed by atoms with Crippen molar-refractivity contribution >= 4 is 34.3 Å². The number of carbonyl (C=O) groups excluding carboxylic acids is 3. The lowest BCUT2D eigenvalue weighted by Gasteiger charge is -2.32. The van der Waals surface area contributed by atoms with Gasteiger partial charge in [0, 0.05) is 30.6 Å². The van der Waals surface area contributed by atoms with Crippen LogP contribution in [0.1, 0.15) is 29.6 Å². The summed E-state index contributed by atoms with van der Waals surface area (Å²) in [5.74, 6) is -12.7. The van der Waals surface area contributed by atoms with Crippen LogP contribution in [0.5, 0.6) is 5.75 Å². The monoisotopic (exact) mass is 560 g/mol. The number of piperidine rings is 1. The summed E-state index contributed by atoms with van der Waals surface area (Å²) in [5.41, 5.74) is 0.527. The number of ether oxygens (including phenoxy) is 1. The number of halogens is 4. The second-order valence-corrected chi connectivity index (χ2v) is 9.30. The molecule has 2 amide bonds. The average molecular weight is 561 g/mol. The van der Waals surface area contributed by atoms with Crippen molar-refractivity contribution in [2.45, 2.75) is 25.3 Å². The van der Waals surface area contributed by atoms with Gasteiger partial charge in [0.25, 0.3) is 5.91 Å². The molecule has 1 fully saturated rings. The molecule has 0 aromatic heterocycles. The summed E-state index contributed by atoms with van der Waals surface area (Å²) in [4.78, 5) is 51.5. The molecule has 4 rings (SSSR count). The Bertz CT molecular complexity index is 1440. The normalized spacial score (nSPS) is 14.6. The van der Waals surface area contributed by atoms with E-state index < -0.39 is 71.7 Å². The van der Waals surface area contributed by atoms with Gasteiger partial charge in [0.1, 0.15) is 12.6 Å². The zero-order valence-electron chi connectivity index (χ0n) is 21.0. The van der Waals surface area contributed by atoms with Crippen molar-refractivity contribution in [3.8, 4) is 5.75 Å². The van der Waals surface area contributed by atoms with Gasteiger partial charge in [-0.25, -0.2) is 8.78 Å². The molecular formula is C28H24F4N2O6. The molecule has 40 heavy (non-hydrogen) atoms. The maximum atomic E-state index is 13.8. The van der Waals surface area contributed by atoms with E-state index in [9.17, 15) is 41.8 Å². The number of rotatable bonds is 9. The van der Waals surface area contributed by atoms with E-state index >= 15 is 0 Å². The van der Waals surface area contributed by atoms with E-state index in [4.69, 9.17) is 0 Å². The van der Waals surface area contributed by atoms with Crippen molar-refractivity contribution in [2.24, 2.45) is 5.92 Å². The number of nitrogens with zero attached hydrogens (tertiary/aromatic N) is 1. The highest BCUT2D eigenvalue weighted by Gasteiger charge is 2.32. The minimum absolute atomic E-state index is 0.0340. The molecule has 8 nitrogen and oxygen atoms in total. The van der Waals surface area contributed by atoms with Gasteiger partial charge in [-0.3, -0.25) is 19.2 Å². The van der Waals surface area contributed by atoms with Crippen LogP contribution in [0.25, 0.3) is 10.8 Å². The van der Waals surface area contributed by atoms with Crippen molar-refractivity contribution in [1.82, 2.24) is 10.2 Å². The quantitative estimate of drug-likeness (QED) is 0.304. The zero-order chi connectivity index (χ0) is 29.0. The molecule has 1 atom stereocenters. The van der Waals surface area contributed by atoms with Crippen LogP contribution in [-0.4, -0.2) is 59.3 Å². The van der Waals surface area contributed by atoms with Crippen LogP contribution in [0.3, 0.4) is 0 Å². The van der Waals surface area contributed by atoms with Gasteiger partial charge in [-0.2, -0.15) is 8.78 Å². The Balaban J connectivity index is 1.37. The molecule has 0 spiro atoms. The number of carboxylic acid groups (broad SMARTS) is 1. The largest absolute Gasteiger partial charge is 0.481 e. The highest BCUT2D eigenvalue weighted by molar-refractivity contribution is 6.07. The van der Waals surface area contributed by atoms with E-state index in [0.29, 0.717) is 5.56 Å². The first-order chi connectivity index (χ1) is 19.1. The second-order valence-electron chi connectivity index (χ2n) is 9.30. The van der Waals surface area contributed by atoms with Crippen molar-refractivity contribution in [1.29, 1.82) is 0 Å². The topological polar surface area (TPSA) is 113 Å². The molecule has 0 radical (unpaired) electrons. The number of likely N-dealkylation sites (tertiary alicyclic amines) is 1. The van der Waals surface area contributed by atoms with Gasteiger partial charge in [-0.05, 0) is 29.7 Å². The number of carboxylic acids is 1. The Kier molecular flexibility index (Phi) is 8.66.